The zero-order valence-electron chi connectivity index (χ0n) is 16.5. The first-order chi connectivity index (χ1) is 13.3. The van der Waals surface area contributed by atoms with Crippen molar-refractivity contribution >= 4 is 21.6 Å². The van der Waals surface area contributed by atoms with Gasteiger partial charge in [-0.3, -0.25) is 9.10 Å². The number of hydrogen-bond acceptors (Lipinski definition) is 3. The Morgan fingerprint density at radius 1 is 1.14 bits per heavy atom. The lowest BCUT2D eigenvalue weighted by molar-refractivity contribution is -0.137. The summed E-state index contributed by atoms with van der Waals surface area (Å²) in [5, 5.41) is 2.71. The molecule has 1 amide bonds. The molecule has 0 heterocycles. The van der Waals surface area contributed by atoms with Crippen LogP contribution in [-0.4, -0.2) is 27.1 Å². The molecular weight excluding hydrogens is 405 g/mol. The van der Waals surface area contributed by atoms with Gasteiger partial charge in [0.15, 0.2) is 0 Å². The van der Waals surface area contributed by atoms with Gasteiger partial charge in [-0.1, -0.05) is 29.8 Å². The van der Waals surface area contributed by atoms with Crippen molar-refractivity contribution in [3.8, 4) is 0 Å². The number of hydrogen-bond donors (Lipinski definition) is 1. The molecule has 0 aliphatic carbocycles. The number of carbonyl (C=O) groups is 1. The summed E-state index contributed by atoms with van der Waals surface area (Å²) in [6.07, 6.45) is -3.78. The molecular formula is C20H23F3N2O3S. The quantitative estimate of drug-likeness (QED) is 0.757. The standard InChI is InChI=1S/C20H23F3N2O3S/c1-13-8-9-14(2)18(10-13)15(3)24-19(26)12-25(29(4,27)28)17-7-5-6-16(11-17)20(21,22)23/h5-11,15H,12H2,1-4H3,(H,24,26)/t15-/m0/s1. The van der Waals surface area contributed by atoms with Crippen molar-refractivity contribution in [2.45, 2.75) is 33.0 Å². The number of alkyl halides is 3. The predicted molar refractivity (Wildman–Crippen MR) is 106 cm³/mol. The molecule has 29 heavy (non-hydrogen) atoms. The van der Waals surface area contributed by atoms with Crippen LogP contribution in [0.15, 0.2) is 42.5 Å². The van der Waals surface area contributed by atoms with Crippen LogP contribution in [0.1, 0.15) is 35.2 Å². The molecule has 1 N–H and O–H groups in total. The summed E-state index contributed by atoms with van der Waals surface area (Å²) in [7, 11) is -3.99. The van der Waals surface area contributed by atoms with Gasteiger partial charge < -0.3 is 5.32 Å². The summed E-state index contributed by atoms with van der Waals surface area (Å²) in [6.45, 7) is 4.93. The fourth-order valence-corrected chi connectivity index (χ4v) is 3.81. The maximum atomic E-state index is 13.0. The van der Waals surface area contributed by atoms with Crippen LogP contribution in [0.5, 0.6) is 0 Å². The Morgan fingerprint density at radius 3 is 2.38 bits per heavy atom. The summed E-state index contributed by atoms with van der Waals surface area (Å²) in [5.74, 6) is -0.624. The van der Waals surface area contributed by atoms with Gasteiger partial charge in [-0.25, -0.2) is 8.42 Å². The Labute approximate surface area is 168 Å². The van der Waals surface area contributed by atoms with Crippen molar-refractivity contribution in [2.24, 2.45) is 0 Å². The molecule has 1 atom stereocenters. The molecule has 0 fully saturated rings. The Hall–Kier alpha value is -2.55. The van der Waals surface area contributed by atoms with Crippen molar-refractivity contribution < 1.29 is 26.4 Å². The van der Waals surface area contributed by atoms with Crippen molar-refractivity contribution in [3.63, 3.8) is 0 Å². The van der Waals surface area contributed by atoms with E-state index < -0.39 is 40.3 Å². The van der Waals surface area contributed by atoms with E-state index in [1.54, 1.807) is 6.92 Å². The van der Waals surface area contributed by atoms with Gasteiger partial charge in [-0.15, -0.1) is 0 Å². The van der Waals surface area contributed by atoms with Crippen LogP contribution < -0.4 is 9.62 Å². The molecule has 2 aromatic rings. The molecule has 0 aromatic heterocycles. The first kappa shape index (κ1) is 22.7. The number of aryl methyl sites for hydroxylation is 2. The molecule has 0 spiro atoms. The van der Waals surface area contributed by atoms with E-state index in [1.165, 1.54) is 6.07 Å². The van der Waals surface area contributed by atoms with E-state index >= 15 is 0 Å². The molecule has 5 nitrogen and oxygen atoms in total. The van der Waals surface area contributed by atoms with Gasteiger partial charge in [-0.2, -0.15) is 13.2 Å². The fraction of sp³-hybridized carbons (Fsp3) is 0.350. The van der Waals surface area contributed by atoms with Gasteiger partial charge in [-0.05, 0) is 50.1 Å². The molecule has 0 unspecified atom stereocenters. The van der Waals surface area contributed by atoms with Crippen LogP contribution in [0.3, 0.4) is 0 Å². The third-order valence-electron chi connectivity index (χ3n) is 4.43. The predicted octanol–water partition coefficient (Wildman–Crippen LogP) is 3.97. The average Bonchev–Trinajstić information content (AvgIpc) is 2.60. The number of sulfonamides is 1. The SMILES string of the molecule is Cc1ccc(C)c([C@H](C)NC(=O)CN(c2cccc(C(F)(F)F)c2)S(C)(=O)=O)c1. The topological polar surface area (TPSA) is 66.5 Å². The number of carbonyl (C=O) groups excluding carboxylic acids is 1. The second-order valence-corrected chi connectivity index (χ2v) is 8.87. The second-order valence-electron chi connectivity index (χ2n) is 6.97. The fourth-order valence-electron chi connectivity index (χ4n) is 2.96. The first-order valence-corrected chi connectivity index (χ1v) is 10.7. The lowest BCUT2D eigenvalue weighted by Gasteiger charge is -2.24. The summed E-state index contributed by atoms with van der Waals surface area (Å²) >= 11 is 0. The van der Waals surface area contributed by atoms with Crippen molar-refractivity contribution in [3.05, 3.63) is 64.7 Å². The summed E-state index contributed by atoms with van der Waals surface area (Å²) in [4.78, 5) is 12.5. The van der Waals surface area contributed by atoms with Crippen molar-refractivity contribution in [2.75, 3.05) is 17.1 Å². The molecule has 0 bridgehead atoms. The Balaban J connectivity index is 2.25. The number of benzene rings is 2. The zero-order chi connectivity index (χ0) is 22.0. The van der Waals surface area contributed by atoms with Gasteiger partial charge in [0.05, 0.1) is 23.5 Å². The lowest BCUT2D eigenvalue weighted by atomic mass is 10.00. The van der Waals surface area contributed by atoms with Crippen molar-refractivity contribution in [1.29, 1.82) is 0 Å². The van der Waals surface area contributed by atoms with E-state index in [4.69, 9.17) is 0 Å². The van der Waals surface area contributed by atoms with Crippen LogP contribution in [-0.2, 0) is 21.0 Å². The highest BCUT2D eigenvalue weighted by Crippen LogP contribution is 2.32. The number of nitrogens with one attached hydrogen (secondary N) is 1. The highest BCUT2D eigenvalue weighted by atomic mass is 32.2. The van der Waals surface area contributed by atoms with E-state index in [9.17, 15) is 26.4 Å². The van der Waals surface area contributed by atoms with Crippen LogP contribution in [0.2, 0.25) is 0 Å². The first-order valence-electron chi connectivity index (χ1n) is 8.80. The summed E-state index contributed by atoms with van der Waals surface area (Å²) in [5.41, 5.74) is 1.63. The Kier molecular flexibility index (Phi) is 6.62. The van der Waals surface area contributed by atoms with E-state index in [0.717, 1.165) is 35.1 Å². The maximum Gasteiger partial charge on any atom is 0.416 e. The van der Waals surface area contributed by atoms with Gasteiger partial charge in [0, 0.05) is 0 Å². The summed E-state index contributed by atoms with van der Waals surface area (Å²) in [6, 6.07) is 9.25. The van der Waals surface area contributed by atoms with Gasteiger partial charge >= 0.3 is 6.18 Å². The smallest absolute Gasteiger partial charge is 0.348 e. The highest BCUT2D eigenvalue weighted by molar-refractivity contribution is 7.92. The lowest BCUT2D eigenvalue weighted by Crippen LogP contribution is -2.41. The number of nitrogens with zero attached hydrogens (tertiary/aromatic N) is 1. The van der Waals surface area contributed by atoms with Crippen LogP contribution in [0, 0.1) is 13.8 Å². The average molecular weight is 428 g/mol. The third-order valence-corrected chi connectivity index (χ3v) is 5.57. The number of rotatable bonds is 6. The van der Waals surface area contributed by atoms with Crippen LogP contribution >= 0.6 is 0 Å². The third kappa shape index (κ3) is 5.96. The number of amides is 1. The zero-order valence-corrected chi connectivity index (χ0v) is 17.4. The van der Waals surface area contributed by atoms with E-state index in [1.807, 2.05) is 32.0 Å². The minimum Gasteiger partial charge on any atom is -0.348 e. The number of anilines is 1. The van der Waals surface area contributed by atoms with Gasteiger partial charge in [0.2, 0.25) is 15.9 Å². The van der Waals surface area contributed by atoms with Crippen molar-refractivity contribution in [1.82, 2.24) is 5.32 Å². The van der Waals surface area contributed by atoms with E-state index in [-0.39, 0.29) is 5.69 Å². The molecule has 0 radical (unpaired) electrons. The van der Waals surface area contributed by atoms with Gasteiger partial charge in [0.25, 0.3) is 0 Å². The molecule has 0 saturated carbocycles. The second kappa shape index (κ2) is 8.44. The largest absolute Gasteiger partial charge is 0.416 e. The normalized spacial score (nSPS) is 13.1. The summed E-state index contributed by atoms with van der Waals surface area (Å²) < 4.78 is 63.9. The molecule has 0 aliphatic heterocycles. The Bertz CT molecular complexity index is 1000. The molecule has 158 valence electrons. The highest BCUT2D eigenvalue weighted by Gasteiger charge is 2.32. The van der Waals surface area contributed by atoms with E-state index in [0.29, 0.717) is 10.4 Å². The van der Waals surface area contributed by atoms with E-state index in [2.05, 4.69) is 5.32 Å². The molecule has 0 aliphatic rings. The minimum atomic E-state index is -4.63. The number of halogens is 3. The molecule has 9 heteroatoms. The van der Waals surface area contributed by atoms with Crippen LogP contribution in [0.25, 0.3) is 0 Å². The molecule has 0 saturated heterocycles. The molecule has 2 rings (SSSR count). The maximum absolute atomic E-state index is 13.0. The minimum absolute atomic E-state index is 0.225. The Morgan fingerprint density at radius 2 is 1.79 bits per heavy atom. The van der Waals surface area contributed by atoms with Gasteiger partial charge in [0.1, 0.15) is 6.54 Å². The monoisotopic (exact) mass is 428 g/mol. The molecule has 2 aromatic carbocycles. The van der Waals surface area contributed by atoms with Crippen LogP contribution in [0.4, 0.5) is 18.9 Å².